The highest BCUT2D eigenvalue weighted by Crippen LogP contribution is 2.17. The number of nitrogens with one attached hydrogen (secondary N) is 1. The van der Waals surface area contributed by atoms with Crippen LogP contribution in [0.1, 0.15) is 48.2 Å². The van der Waals surface area contributed by atoms with Gasteiger partial charge in [0, 0.05) is 30.7 Å². The van der Waals surface area contributed by atoms with E-state index in [1.54, 1.807) is 0 Å². The van der Waals surface area contributed by atoms with Crippen LogP contribution in [0.2, 0.25) is 0 Å². The van der Waals surface area contributed by atoms with Gasteiger partial charge >= 0.3 is 0 Å². The molecular formula is C17H27N3O. The second-order valence-electron chi connectivity index (χ2n) is 6.32. The molecule has 0 saturated carbocycles. The lowest BCUT2D eigenvalue weighted by atomic mass is 10.0. The molecular weight excluding hydrogens is 262 g/mol. The van der Waals surface area contributed by atoms with Gasteiger partial charge in [0.05, 0.1) is 0 Å². The Balaban J connectivity index is 2.07. The summed E-state index contributed by atoms with van der Waals surface area (Å²) >= 11 is 0. The predicted octanol–water partition coefficient (Wildman–Crippen LogP) is 2.06. The molecule has 1 amide bonds. The molecule has 21 heavy (non-hydrogen) atoms. The van der Waals surface area contributed by atoms with E-state index in [1.165, 1.54) is 18.4 Å². The van der Waals surface area contributed by atoms with Crippen LogP contribution < -0.4 is 11.1 Å². The van der Waals surface area contributed by atoms with Crippen molar-refractivity contribution in [1.29, 1.82) is 0 Å². The topological polar surface area (TPSA) is 58.4 Å². The average Bonchev–Trinajstić information content (AvgIpc) is 2.92. The number of hydrogen-bond donors (Lipinski definition) is 2. The zero-order valence-electron chi connectivity index (χ0n) is 13.4. The van der Waals surface area contributed by atoms with Gasteiger partial charge in [-0.2, -0.15) is 0 Å². The van der Waals surface area contributed by atoms with Gasteiger partial charge in [-0.15, -0.1) is 0 Å². The number of amides is 1. The van der Waals surface area contributed by atoms with Crippen LogP contribution in [0.15, 0.2) is 18.2 Å². The van der Waals surface area contributed by atoms with Gasteiger partial charge in [-0.3, -0.25) is 9.69 Å². The molecule has 0 aliphatic carbocycles. The zero-order valence-corrected chi connectivity index (χ0v) is 13.4. The number of hydrogen-bond acceptors (Lipinski definition) is 3. The molecule has 1 aliphatic heterocycles. The fourth-order valence-electron chi connectivity index (χ4n) is 2.90. The number of aryl methyl sites for hydroxylation is 1. The van der Waals surface area contributed by atoms with E-state index >= 15 is 0 Å². The van der Waals surface area contributed by atoms with Crippen LogP contribution in [-0.2, 0) is 6.54 Å². The summed E-state index contributed by atoms with van der Waals surface area (Å²) in [7, 11) is 0. The maximum atomic E-state index is 11.2. The number of nitrogens with two attached hydrogens (primary N) is 1. The monoisotopic (exact) mass is 289 g/mol. The summed E-state index contributed by atoms with van der Waals surface area (Å²) in [5.41, 5.74) is 8.33. The third kappa shape index (κ3) is 4.29. The number of primary amides is 1. The van der Waals surface area contributed by atoms with Crippen LogP contribution in [0.3, 0.4) is 0 Å². The Morgan fingerprint density at radius 2 is 2.24 bits per heavy atom. The van der Waals surface area contributed by atoms with Crippen LogP contribution >= 0.6 is 0 Å². The largest absolute Gasteiger partial charge is 0.366 e. The molecule has 3 N–H and O–H groups in total. The normalized spacial score (nSPS) is 18.6. The second-order valence-corrected chi connectivity index (χ2v) is 6.32. The lowest BCUT2D eigenvalue weighted by Gasteiger charge is -2.30. The summed E-state index contributed by atoms with van der Waals surface area (Å²) in [6.45, 7) is 9.66. The van der Waals surface area contributed by atoms with Gasteiger partial charge in [0.1, 0.15) is 0 Å². The molecule has 1 heterocycles. The van der Waals surface area contributed by atoms with E-state index < -0.39 is 0 Å². The SMILES string of the molecule is Cc1cc(C(N)=O)ccc1CN(CC1CCCN1)C(C)C. The Kier molecular flexibility index (Phi) is 5.37. The molecule has 0 aromatic heterocycles. The van der Waals surface area contributed by atoms with Crippen LogP contribution in [0, 0.1) is 6.92 Å². The van der Waals surface area contributed by atoms with Crippen LogP contribution in [0.5, 0.6) is 0 Å². The molecule has 1 aliphatic rings. The van der Waals surface area contributed by atoms with Gasteiger partial charge in [0.25, 0.3) is 0 Å². The van der Waals surface area contributed by atoms with E-state index in [1.807, 2.05) is 25.1 Å². The number of carbonyl (C=O) groups is 1. The second kappa shape index (κ2) is 7.05. The summed E-state index contributed by atoms with van der Waals surface area (Å²) in [6.07, 6.45) is 2.55. The van der Waals surface area contributed by atoms with Crippen LogP contribution in [0.4, 0.5) is 0 Å². The van der Waals surface area contributed by atoms with Gasteiger partial charge in [-0.25, -0.2) is 0 Å². The Morgan fingerprint density at radius 1 is 1.48 bits per heavy atom. The summed E-state index contributed by atoms with van der Waals surface area (Å²) < 4.78 is 0. The lowest BCUT2D eigenvalue weighted by molar-refractivity contribution is 0.1000. The summed E-state index contributed by atoms with van der Waals surface area (Å²) in [4.78, 5) is 13.7. The molecule has 0 radical (unpaired) electrons. The first-order valence-corrected chi connectivity index (χ1v) is 7.84. The van der Waals surface area contributed by atoms with Crippen molar-refractivity contribution in [2.45, 2.75) is 52.2 Å². The van der Waals surface area contributed by atoms with Crippen molar-refractivity contribution in [3.63, 3.8) is 0 Å². The number of carbonyl (C=O) groups excluding carboxylic acids is 1. The number of benzene rings is 1. The molecule has 1 atom stereocenters. The molecule has 4 nitrogen and oxygen atoms in total. The van der Waals surface area contributed by atoms with Gasteiger partial charge in [0.15, 0.2) is 0 Å². The van der Waals surface area contributed by atoms with Crippen molar-refractivity contribution < 1.29 is 4.79 Å². The van der Waals surface area contributed by atoms with Gasteiger partial charge in [-0.1, -0.05) is 6.07 Å². The molecule has 116 valence electrons. The quantitative estimate of drug-likeness (QED) is 0.843. The van der Waals surface area contributed by atoms with E-state index in [-0.39, 0.29) is 5.91 Å². The van der Waals surface area contributed by atoms with Crippen molar-refractivity contribution in [3.05, 3.63) is 34.9 Å². The maximum Gasteiger partial charge on any atom is 0.248 e. The average molecular weight is 289 g/mol. The lowest BCUT2D eigenvalue weighted by Crippen LogP contribution is -2.40. The highest BCUT2D eigenvalue weighted by Gasteiger charge is 2.20. The van der Waals surface area contributed by atoms with E-state index in [0.717, 1.165) is 25.2 Å². The van der Waals surface area contributed by atoms with Gasteiger partial charge in [-0.05, 0) is 63.4 Å². The molecule has 1 unspecified atom stereocenters. The maximum absolute atomic E-state index is 11.2. The minimum absolute atomic E-state index is 0.361. The third-order valence-electron chi connectivity index (χ3n) is 4.35. The van der Waals surface area contributed by atoms with Crippen molar-refractivity contribution >= 4 is 5.91 Å². The molecule has 0 spiro atoms. The van der Waals surface area contributed by atoms with E-state index in [0.29, 0.717) is 17.6 Å². The van der Waals surface area contributed by atoms with Gasteiger partial charge in [0.2, 0.25) is 5.91 Å². The highest BCUT2D eigenvalue weighted by molar-refractivity contribution is 5.93. The third-order valence-corrected chi connectivity index (χ3v) is 4.35. The Bertz CT molecular complexity index is 493. The Labute approximate surface area is 127 Å². The van der Waals surface area contributed by atoms with E-state index in [9.17, 15) is 4.79 Å². The Morgan fingerprint density at radius 3 is 2.76 bits per heavy atom. The molecule has 1 aromatic rings. The van der Waals surface area contributed by atoms with E-state index in [2.05, 4.69) is 24.1 Å². The standard InChI is InChI=1S/C17H27N3O/c1-12(2)20(11-16-5-4-8-19-16)10-15-7-6-14(17(18)21)9-13(15)3/h6-7,9,12,16,19H,4-5,8,10-11H2,1-3H3,(H2,18,21). The zero-order chi connectivity index (χ0) is 15.4. The van der Waals surface area contributed by atoms with Crippen molar-refractivity contribution in [2.75, 3.05) is 13.1 Å². The fourth-order valence-corrected chi connectivity index (χ4v) is 2.90. The number of rotatable bonds is 6. The summed E-state index contributed by atoms with van der Waals surface area (Å²) in [5.74, 6) is -0.361. The molecule has 1 saturated heterocycles. The van der Waals surface area contributed by atoms with E-state index in [4.69, 9.17) is 5.73 Å². The first-order valence-electron chi connectivity index (χ1n) is 7.84. The summed E-state index contributed by atoms with van der Waals surface area (Å²) in [6, 6.07) is 6.87. The first kappa shape index (κ1) is 16.0. The van der Waals surface area contributed by atoms with Crippen LogP contribution in [-0.4, -0.2) is 36.0 Å². The van der Waals surface area contributed by atoms with Crippen molar-refractivity contribution in [3.8, 4) is 0 Å². The number of nitrogens with zero attached hydrogens (tertiary/aromatic N) is 1. The molecule has 4 heteroatoms. The minimum Gasteiger partial charge on any atom is -0.366 e. The molecule has 2 rings (SSSR count). The molecule has 0 bridgehead atoms. The van der Waals surface area contributed by atoms with Crippen molar-refractivity contribution in [2.24, 2.45) is 5.73 Å². The predicted molar refractivity (Wildman–Crippen MR) is 86.3 cm³/mol. The molecule has 1 aromatic carbocycles. The van der Waals surface area contributed by atoms with Gasteiger partial charge < -0.3 is 11.1 Å². The summed E-state index contributed by atoms with van der Waals surface area (Å²) in [5, 5.41) is 3.56. The van der Waals surface area contributed by atoms with Crippen molar-refractivity contribution in [1.82, 2.24) is 10.2 Å². The van der Waals surface area contributed by atoms with Crippen LogP contribution in [0.25, 0.3) is 0 Å². The first-order chi connectivity index (χ1) is 9.97. The fraction of sp³-hybridized carbons (Fsp3) is 0.588. The highest BCUT2D eigenvalue weighted by atomic mass is 16.1. The Hall–Kier alpha value is -1.39. The molecule has 1 fully saturated rings. The smallest absolute Gasteiger partial charge is 0.248 e. The minimum atomic E-state index is -0.361.